The molecule has 1 aliphatic heterocycles. The molecular weight excluding hydrogens is 305 g/mol. The van der Waals surface area contributed by atoms with Crippen LogP contribution < -0.4 is 5.32 Å². The topological polar surface area (TPSA) is 58.6 Å². The maximum absolute atomic E-state index is 13.8. The third-order valence-corrected chi connectivity index (χ3v) is 3.44. The van der Waals surface area contributed by atoms with Crippen molar-refractivity contribution in [1.82, 2.24) is 5.32 Å². The van der Waals surface area contributed by atoms with Gasteiger partial charge in [0.05, 0.1) is 12.2 Å². The average Bonchev–Trinajstić information content (AvgIpc) is 2.28. The van der Waals surface area contributed by atoms with Crippen LogP contribution in [0.3, 0.4) is 0 Å². The van der Waals surface area contributed by atoms with Crippen LogP contribution in [-0.2, 0) is 9.53 Å². The normalized spacial score (nSPS) is 28.1. The highest BCUT2D eigenvalue weighted by Gasteiger charge is 2.34. The molecule has 6 heteroatoms. The van der Waals surface area contributed by atoms with Crippen molar-refractivity contribution in [3.8, 4) is 0 Å². The molecule has 98 valence electrons. The Kier molecular flexibility index (Phi) is 3.99. The second-order valence-electron chi connectivity index (χ2n) is 4.22. The van der Waals surface area contributed by atoms with Gasteiger partial charge < -0.3 is 9.84 Å². The van der Waals surface area contributed by atoms with Gasteiger partial charge in [-0.25, -0.2) is 4.39 Å². The second-order valence-corrected chi connectivity index (χ2v) is 5.14. The quantitative estimate of drug-likeness (QED) is 0.877. The van der Waals surface area contributed by atoms with Crippen molar-refractivity contribution < 1.29 is 19.0 Å². The minimum Gasteiger partial charge on any atom is -0.480 e. The van der Waals surface area contributed by atoms with E-state index in [4.69, 9.17) is 9.84 Å². The average molecular weight is 318 g/mol. The number of rotatable bonds is 2. The number of carbonyl (C=O) groups is 1. The van der Waals surface area contributed by atoms with E-state index in [1.54, 1.807) is 19.1 Å². The van der Waals surface area contributed by atoms with E-state index < -0.39 is 24.2 Å². The highest BCUT2D eigenvalue weighted by molar-refractivity contribution is 9.10. The van der Waals surface area contributed by atoms with Gasteiger partial charge in [-0.2, -0.15) is 0 Å². The molecule has 0 aliphatic carbocycles. The van der Waals surface area contributed by atoms with Gasteiger partial charge in [-0.05, 0) is 19.1 Å². The summed E-state index contributed by atoms with van der Waals surface area (Å²) in [6.07, 6.45) is -0.979. The molecule has 1 aromatic carbocycles. The number of ether oxygens (including phenoxy) is 1. The Morgan fingerprint density at radius 2 is 2.33 bits per heavy atom. The Balaban J connectivity index is 2.15. The summed E-state index contributed by atoms with van der Waals surface area (Å²) in [4.78, 5) is 10.9. The van der Waals surface area contributed by atoms with E-state index >= 15 is 0 Å². The van der Waals surface area contributed by atoms with Gasteiger partial charge in [0, 0.05) is 16.6 Å². The van der Waals surface area contributed by atoms with Crippen molar-refractivity contribution in [2.45, 2.75) is 25.2 Å². The smallest absolute Gasteiger partial charge is 0.323 e. The van der Waals surface area contributed by atoms with Crippen molar-refractivity contribution in [1.29, 1.82) is 0 Å². The van der Waals surface area contributed by atoms with E-state index in [1.165, 1.54) is 6.07 Å². The highest BCUT2D eigenvalue weighted by atomic mass is 79.9. The monoisotopic (exact) mass is 317 g/mol. The summed E-state index contributed by atoms with van der Waals surface area (Å²) in [6.45, 7) is 1.94. The number of hydrogen-bond donors (Lipinski definition) is 2. The molecule has 2 N–H and O–H groups in total. The maximum atomic E-state index is 13.8. The lowest BCUT2D eigenvalue weighted by atomic mass is 10.0. The minimum absolute atomic E-state index is 0.278. The Morgan fingerprint density at radius 3 is 2.89 bits per heavy atom. The molecule has 18 heavy (non-hydrogen) atoms. The van der Waals surface area contributed by atoms with Crippen molar-refractivity contribution in [3.05, 3.63) is 34.1 Å². The summed E-state index contributed by atoms with van der Waals surface area (Å²) in [5.74, 6) is -1.32. The summed E-state index contributed by atoms with van der Waals surface area (Å²) < 4.78 is 20.0. The fraction of sp³-hybridized carbons (Fsp3) is 0.417. The zero-order valence-electron chi connectivity index (χ0n) is 9.69. The van der Waals surface area contributed by atoms with Crippen LogP contribution in [0.4, 0.5) is 4.39 Å². The molecule has 1 saturated heterocycles. The largest absolute Gasteiger partial charge is 0.480 e. The molecule has 0 amide bonds. The molecule has 1 heterocycles. The summed E-state index contributed by atoms with van der Waals surface area (Å²) >= 11 is 3.19. The molecule has 1 fully saturated rings. The minimum atomic E-state index is -0.961. The van der Waals surface area contributed by atoms with Crippen LogP contribution in [0.2, 0.25) is 0 Å². The van der Waals surface area contributed by atoms with E-state index in [1.807, 2.05) is 0 Å². The van der Waals surface area contributed by atoms with Crippen molar-refractivity contribution >= 4 is 21.9 Å². The third-order valence-electron chi connectivity index (χ3n) is 2.95. The van der Waals surface area contributed by atoms with Gasteiger partial charge in [0.1, 0.15) is 11.9 Å². The Hall–Kier alpha value is -0.980. The van der Waals surface area contributed by atoms with E-state index in [-0.39, 0.29) is 12.4 Å². The Bertz CT molecular complexity index is 469. The van der Waals surface area contributed by atoms with Crippen LogP contribution in [0.1, 0.15) is 18.6 Å². The molecule has 2 rings (SSSR count). The summed E-state index contributed by atoms with van der Waals surface area (Å²) in [6, 6.07) is 3.99. The molecule has 1 aliphatic rings. The number of nitrogens with one attached hydrogen (secondary N) is 1. The van der Waals surface area contributed by atoms with Crippen LogP contribution in [0.5, 0.6) is 0 Å². The summed E-state index contributed by atoms with van der Waals surface area (Å²) in [5, 5.41) is 11.8. The predicted octanol–water partition coefficient (Wildman–Crippen LogP) is 2.09. The molecule has 1 aromatic rings. The molecular formula is C12H13BrFNO3. The third kappa shape index (κ3) is 2.71. The number of aliphatic carboxylic acids is 1. The molecule has 0 aromatic heterocycles. The van der Waals surface area contributed by atoms with Gasteiger partial charge in [0.25, 0.3) is 0 Å². The molecule has 0 radical (unpaired) electrons. The van der Waals surface area contributed by atoms with Gasteiger partial charge in [-0.1, -0.05) is 22.0 Å². The van der Waals surface area contributed by atoms with Crippen molar-refractivity contribution in [2.75, 3.05) is 6.54 Å². The van der Waals surface area contributed by atoms with Crippen LogP contribution in [-0.4, -0.2) is 29.8 Å². The number of benzene rings is 1. The van der Waals surface area contributed by atoms with E-state index in [2.05, 4.69) is 21.2 Å². The van der Waals surface area contributed by atoms with E-state index in [0.717, 1.165) is 0 Å². The first-order valence-electron chi connectivity index (χ1n) is 5.55. The predicted molar refractivity (Wildman–Crippen MR) is 66.8 cm³/mol. The molecule has 3 unspecified atom stereocenters. The first-order valence-corrected chi connectivity index (χ1v) is 6.35. The SMILES string of the molecule is CC1OC(c2ccc(Br)cc2F)CNC1C(=O)O. The van der Waals surface area contributed by atoms with Crippen LogP contribution in [0.25, 0.3) is 0 Å². The molecule has 0 spiro atoms. The van der Waals surface area contributed by atoms with Gasteiger partial charge in [0.15, 0.2) is 0 Å². The van der Waals surface area contributed by atoms with Gasteiger partial charge in [-0.15, -0.1) is 0 Å². The fourth-order valence-corrected chi connectivity index (χ4v) is 2.35. The van der Waals surface area contributed by atoms with Crippen molar-refractivity contribution in [3.63, 3.8) is 0 Å². The lowest BCUT2D eigenvalue weighted by Gasteiger charge is -2.33. The van der Waals surface area contributed by atoms with Gasteiger partial charge in [-0.3, -0.25) is 10.1 Å². The molecule has 4 nitrogen and oxygen atoms in total. The number of hydrogen-bond acceptors (Lipinski definition) is 3. The van der Waals surface area contributed by atoms with Gasteiger partial charge in [0.2, 0.25) is 0 Å². The standard InChI is InChI=1S/C12H13BrFNO3/c1-6-11(12(16)17)15-5-10(18-6)8-3-2-7(13)4-9(8)14/h2-4,6,10-11,15H,5H2,1H3,(H,16,17). The molecule has 0 bridgehead atoms. The zero-order chi connectivity index (χ0) is 13.3. The van der Waals surface area contributed by atoms with E-state index in [9.17, 15) is 9.18 Å². The number of halogens is 2. The number of carboxylic acid groups (broad SMARTS) is 1. The van der Waals surface area contributed by atoms with Crippen LogP contribution in [0.15, 0.2) is 22.7 Å². The number of carboxylic acids is 1. The van der Waals surface area contributed by atoms with Gasteiger partial charge >= 0.3 is 5.97 Å². The van der Waals surface area contributed by atoms with Crippen molar-refractivity contribution in [2.24, 2.45) is 0 Å². The van der Waals surface area contributed by atoms with Crippen LogP contribution in [0, 0.1) is 5.82 Å². The lowest BCUT2D eigenvalue weighted by Crippen LogP contribution is -2.52. The highest BCUT2D eigenvalue weighted by Crippen LogP contribution is 2.27. The fourth-order valence-electron chi connectivity index (χ4n) is 2.02. The molecule has 0 saturated carbocycles. The molecule has 3 atom stereocenters. The first kappa shape index (κ1) is 13.5. The summed E-state index contributed by atoms with van der Waals surface area (Å²) in [7, 11) is 0. The second kappa shape index (κ2) is 5.34. The Morgan fingerprint density at radius 1 is 1.61 bits per heavy atom. The van der Waals surface area contributed by atoms with Crippen LogP contribution >= 0.6 is 15.9 Å². The Labute approximate surface area is 112 Å². The zero-order valence-corrected chi connectivity index (χ0v) is 11.3. The number of morpholine rings is 1. The lowest BCUT2D eigenvalue weighted by molar-refractivity contribution is -0.149. The van der Waals surface area contributed by atoms with E-state index in [0.29, 0.717) is 10.0 Å². The maximum Gasteiger partial charge on any atom is 0.323 e. The summed E-state index contributed by atoms with van der Waals surface area (Å²) in [5.41, 5.74) is 0.432. The first-order chi connectivity index (χ1) is 8.49.